The third-order valence-electron chi connectivity index (χ3n) is 0.991. The summed E-state index contributed by atoms with van der Waals surface area (Å²) in [6, 6.07) is 0. The Kier molecular flexibility index (Phi) is 2.09. The Labute approximate surface area is 51.8 Å². The van der Waals surface area contributed by atoms with Crippen molar-refractivity contribution in [3.05, 3.63) is 0 Å². The van der Waals surface area contributed by atoms with Gasteiger partial charge in [0.1, 0.15) is 0 Å². The summed E-state index contributed by atoms with van der Waals surface area (Å²) < 4.78 is 0. The number of hydrogen-bond acceptors (Lipinski definition) is 2. The molecule has 0 spiro atoms. The zero-order chi connectivity index (χ0) is 5.11. The maximum atomic E-state index is 3.41. The first-order valence-corrected chi connectivity index (χ1v) is 3.39. The van der Waals surface area contributed by atoms with Crippen molar-refractivity contribution in [2.24, 2.45) is 0 Å². The number of halogens is 1. The van der Waals surface area contributed by atoms with E-state index in [-0.39, 0.29) is 0 Å². The SMILES string of the molecule is BrC1CNCCN1. The van der Waals surface area contributed by atoms with Gasteiger partial charge in [0.15, 0.2) is 0 Å². The average molecular weight is 165 g/mol. The first kappa shape index (κ1) is 5.54. The molecular weight excluding hydrogens is 156 g/mol. The van der Waals surface area contributed by atoms with E-state index in [4.69, 9.17) is 0 Å². The Hall–Kier alpha value is 0.400. The summed E-state index contributed by atoms with van der Waals surface area (Å²) in [5.74, 6) is 0. The second kappa shape index (κ2) is 2.64. The predicted molar refractivity (Wildman–Crippen MR) is 33.6 cm³/mol. The molecule has 0 bridgehead atoms. The number of hydrogen-bond donors (Lipinski definition) is 2. The first-order chi connectivity index (χ1) is 3.39. The van der Waals surface area contributed by atoms with E-state index in [1.165, 1.54) is 0 Å². The molecule has 2 N–H and O–H groups in total. The quantitative estimate of drug-likeness (QED) is 0.387. The summed E-state index contributed by atoms with van der Waals surface area (Å²) in [5, 5.41) is 6.46. The molecule has 0 saturated carbocycles. The molecular formula is C4H9BrN2. The molecule has 0 aromatic carbocycles. The second-order valence-corrected chi connectivity index (χ2v) is 2.73. The largest absolute Gasteiger partial charge is 0.313 e. The van der Waals surface area contributed by atoms with Crippen LogP contribution in [0.15, 0.2) is 0 Å². The van der Waals surface area contributed by atoms with E-state index in [0.717, 1.165) is 19.6 Å². The van der Waals surface area contributed by atoms with Gasteiger partial charge >= 0.3 is 0 Å². The highest BCUT2D eigenvalue weighted by Crippen LogP contribution is 1.93. The predicted octanol–water partition coefficient (Wildman–Crippen LogP) is -0.0998. The van der Waals surface area contributed by atoms with Crippen molar-refractivity contribution < 1.29 is 0 Å². The summed E-state index contributed by atoms with van der Waals surface area (Å²) in [6.45, 7) is 3.22. The molecule has 1 atom stereocenters. The Morgan fingerprint density at radius 1 is 1.43 bits per heavy atom. The zero-order valence-corrected chi connectivity index (χ0v) is 5.66. The molecule has 0 amide bonds. The highest BCUT2D eigenvalue weighted by Gasteiger charge is 2.04. The van der Waals surface area contributed by atoms with E-state index in [1.54, 1.807) is 0 Å². The van der Waals surface area contributed by atoms with Gasteiger partial charge in [0.05, 0.1) is 4.95 Å². The topological polar surface area (TPSA) is 24.1 Å². The van der Waals surface area contributed by atoms with E-state index in [9.17, 15) is 0 Å². The van der Waals surface area contributed by atoms with Crippen LogP contribution in [0.5, 0.6) is 0 Å². The lowest BCUT2D eigenvalue weighted by molar-refractivity contribution is 0.513. The highest BCUT2D eigenvalue weighted by molar-refractivity contribution is 9.09. The van der Waals surface area contributed by atoms with Gasteiger partial charge in [-0.15, -0.1) is 0 Å². The Bertz CT molecular complexity index is 51.7. The van der Waals surface area contributed by atoms with Gasteiger partial charge in [-0.1, -0.05) is 15.9 Å². The number of rotatable bonds is 0. The third kappa shape index (κ3) is 1.76. The maximum absolute atomic E-state index is 3.41. The van der Waals surface area contributed by atoms with Crippen molar-refractivity contribution in [1.82, 2.24) is 10.6 Å². The molecule has 1 saturated heterocycles. The lowest BCUT2D eigenvalue weighted by Gasteiger charge is -2.18. The molecule has 1 aliphatic heterocycles. The Morgan fingerprint density at radius 2 is 2.29 bits per heavy atom. The molecule has 3 heteroatoms. The van der Waals surface area contributed by atoms with E-state index in [1.807, 2.05) is 0 Å². The molecule has 1 unspecified atom stereocenters. The minimum Gasteiger partial charge on any atom is -0.313 e. The van der Waals surface area contributed by atoms with Crippen molar-refractivity contribution in [2.75, 3.05) is 19.6 Å². The fraction of sp³-hybridized carbons (Fsp3) is 1.00. The van der Waals surface area contributed by atoms with Crippen LogP contribution < -0.4 is 10.6 Å². The fourth-order valence-corrected chi connectivity index (χ4v) is 1.08. The number of alkyl halides is 1. The van der Waals surface area contributed by atoms with E-state index in [0.29, 0.717) is 4.95 Å². The van der Waals surface area contributed by atoms with E-state index < -0.39 is 0 Å². The average Bonchev–Trinajstić information content (AvgIpc) is 1.69. The molecule has 42 valence electrons. The lowest BCUT2D eigenvalue weighted by Crippen LogP contribution is -2.44. The minimum absolute atomic E-state index is 0.487. The summed E-state index contributed by atoms with van der Waals surface area (Å²) in [7, 11) is 0. The summed E-state index contributed by atoms with van der Waals surface area (Å²) in [4.78, 5) is 0.487. The molecule has 1 rings (SSSR count). The van der Waals surface area contributed by atoms with Gasteiger partial charge in [-0.25, -0.2) is 0 Å². The Balaban J connectivity index is 2.12. The minimum atomic E-state index is 0.487. The van der Waals surface area contributed by atoms with Gasteiger partial charge < -0.3 is 10.6 Å². The van der Waals surface area contributed by atoms with Crippen molar-refractivity contribution in [3.8, 4) is 0 Å². The van der Waals surface area contributed by atoms with Crippen molar-refractivity contribution >= 4 is 15.9 Å². The molecule has 1 fully saturated rings. The molecule has 7 heavy (non-hydrogen) atoms. The molecule has 0 radical (unpaired) electrons. The number of piperazine rings is 1. The van der Waals surface area contributed by atoms with Crippen LogP contribution in [0, 0.1) is 0 Å². The van der Waals surface area contributed by atoms with Crippen LogP contribution in [0.3, 0.4) is 0 Å². The molecule has 1 aliphatic rings. The smallest absolute Gasteiger partial charge is 0.0757 e. The van der Waals surface area contributed by atoms with Crippen LogP contribution in [-0.2, 0) is 0 Å². The second-order valence-electron chi connectivity index (χ2n) is 1.63. The molecule has 0 aromatic heterocycles. The van der Waals surface area contributed by atoms with Gasteiger partial charge in [-0.3, -0.25) is 0 Å². The standard InChI is InChI=1S/C4H9BrN2/c5-4-3-6-1-2-7-4/h4,6-7H,1-3H2. The van der Waals surface area contributed by atoms with Crippen LogP contribution in [0.4, 0.5) is 0 Å². The molecule has 2 nitrogen and oxygen atoms in total. The van der Waals surface area contributed by atoms with Crippen molar-refractivity contribution in [1.29, 1.82) is 0 Å². The molecule has 0 aliphatic carbocycles. The van der Waals surface area contributed by atoms with Crippen LogP contribution >= 0.6 is 15.9 Å². The van der Waals surface area contributed by atoms with E-state index in [2.05, 4.69) is 26.6 Å². The zero-order valence-electron chi connectivity index (χ0n) is 4.08. The highest BCUT2D eigenvalue weighted by atomic mass is 79.9. The van der Waals surface area contributed by atoms with Crippen LogP contribution in [-0.4, -0.2) is 24.6 Å². The van der Waals surface area contributed by atoms with Crippen LogP contribution in [0.1, 0.15) is 0 Å². The fourth-order valence-electron chi connectivity index (χ4n) is 0.618. The van der Waals surface area contributed by atoms with Gasteiger partial charge in [-0.2, -0.15) is 0 Å². The summed E-state index contributed by atoms with van der Waals surface area (Å²) in [5.41, 5.74) is 0. The van der Waals surface area contributed by atoms with Crippen molar-refractivity contribution in [2.45, 2.75) is 4.95 Å². The molecule has 1 heterocycles. The van der Waals surface area contributed by atoms with Gasteiger partial charge in [0.2, 0.25) is 0 Å². The van der Waals surface area contributed by atoms with Gasteiger partial charge in [0.25, 0.3) is 0 Å². The van der Waals surface area contributed by atoms with Crippen LogP contribution in [0.2, 0.25) is 0 Å². The monoisotopic (exact) mass is 164 g/mol. The van der Waals surface area contributed by atoms with Gasteiger partial charge in [-0.05, 0) is 0 Å². The first-order valence-electron chi connectivity index (χ1n) is 2.48. The van der Waals surface area contributed by atoms with E-state index >= 15 is 0 Å². The van der Waals surface area contributed by atoms with Gasteiger partial charge in [0, 0.05) is 19.6 Å². The lowest BCUT2D eigenvalue weighted by atomic mass is 10.4. The normalized spacial score (nSPS) is 33.0. The third-order valence-corrected chi connectivity index (χ3v) is 1.64. The van der Waals surface area contributed by atoms with Crippen LogP contribution in [0.25, 0.3) is 0 Å². The number of nitrogens with one attached hydrogen (secondary N) is 2. The summed E-state index contributed by atoms with van der Waals surface area (Å²) in [6.07, 6.45) is 0. The Morgan fingerprint density at radius 3 is 2.57 bits per heavy atom. The van der Waals surface area contributed by atoms with Crippen molar-refractivity contribution in [3.63, 3.8) is 0 Å². The maximum Gasteiger partial charge on any atom is 0.0757 e. The summed E-state index contributed by atoms with van der Waals surface area (Å²) >= 11 is 3.41. The molecule has 0 aromatic rings.